The highest BCUT2D eigenvalue weighted by Crippen LogP contribution is 2.31. The highest BCUT2D eigenvalue weighted by Gasteiger charge is 2.37. The summed E-state index contributed by atoms with van der Waals surface area (Å²) in [7, 11) is 0. The van der Waals surface area contributed by atoms with Crippen molar-refractivity contribution in [1.29, 1.82) is 0 Å². The Morgan fingerprint density at radius 3 is 2.29 bits per heavy atom. The molecular weight excluding hydrogens is 360 g/mol. The summed E-state index contributed by atoms with van der Waals surface area (Å²) in [5.41, 5.74) is 0.674. The largest absolute Gasteiger partial charge is 0.486 e. The first kappa shape index (κ1) is 18.0. The van der Waals surface area contributed by atoms with Gasteiger partial charge in [-0.25, -0.2) is 0 Å². The van der Waals surface area contributed by atoms with Gasteiger partial charge in [0.25, 0.3) is 11.8 Å². The molecular formula is C21H20N2O5. The fourth-order valence-corrected chi connectivity index (χ4v) is 3.42. The van der Waals surface area contributed by atoms with Gasteiger partial charge in [0.1, 0.15) is 13.2 Å². The summed E-state index contributed by atoms with van der Waals surface area (Å²) in [5, 5.41) is 0. The summed E-state index contributed by atoms with van der Waals surface area (Å²) in [5.74, 6) is 0.147. The van der Waals surface area contributed by atoms with Crippen LogP contribution in [0.1, 0.15) is 27.6 Å². The fourth-order valence-electron chi connectivity index (χ4n) is 3.42. The van der Waals surface area contributed by atoms with Crippen molar-refractivity contribution in [2.24, 2.45) is 0 Å². The molecule has 2 heterocycles. The van der Waals surface area contributed by atoms with Gasteiger partial charge in [0.2, 0.25) is 5.91 Å². The monoisotopic (exact) mass is 380 g/mol. The number of benzene rings is 2. The SMILES string of the molecule is CCN(CC1COc2ccccc2O1)C(=O)CN1C(=O)c2ccccc2C1=O. The molecule has 0 saturated heterocycles. The zero-order valence-electron chi connectivity index (χ0n) is 15.5. The zero-order chi connectivity index (χ0) is 19.7. The van der Waals surface area contributed by atoms with E-state index in [4.69, 9.17) is 9.47 Å². The van der Waals surface area contributed by atoms with E-state index in [0.29, 0.717) is 42.3 Å². The van der Waals surface area contributed by atoms with Crippen molar-refractivity contribution in [2.45, 2.75) is 13.0 Å². The van der Waals surface area contributed by atoms with Gasteiger partial charge in [-0.05, 0) is 31.2 Å². The normalized spacial score (nSPS) is 17.5. The number of hydrogen-bond donors (Lipinski definition) is 0. The van der Waals surface area contributed by atoms with E-state index >= 15 is 0 Å². The van der Waals surface area contributed by atoms with Crippen LogP contribution in [0.3, 0.4) is 0 Å². The molecule has 144 valence electrons. The van der Waals surface area contributed by atoms with E-state index in [-0.39, 0.29) is 18.6 Å². The lowest BCUT2D eigenvalue weighted by Gasteiger charge is -2.31. The van der Waals surface area contributed by atoms with Crippen LogP contribution in [0.2, 0.25) is 0 Å². The molecule has 0 aliphatic carbocycles. The van der Waals surface area contributed by atoms with Crippen LogP contribution < -0.4 is 9.47 Å². The van der Waals surface area contributed by atoms with Crippen molar-refractivity contribution in [3.63, 3.8) is 0 Å². The molecule has 0 saturated carbocycles. The highest BCUT2D eigenvalue weighted by atomic mass is 16.6. The number of carbonyl (C=O) groups is 3. The Morgan fingerprint density at radius 2 is 1.64 bits per heavy atom. The average Bonchev–Trinajstić information content (AvgIpc) is 2.97. The van der Waals surface area contributed by atoms with E-state index in [1.807, 2.05) is 31.2 Å². The van der Waals surface area contributed by atoms with Gasteiger partial charge in [-0.3, -0.25) is 19.3 Å². The van der Waals surface area contributed by atoms with Crippen LogP contribution in [0, 0.1) is 0 Å². The minimum atomic E-state index is -0.434. The molecule has 2 aliphatic rings. The van der Waals surface area contributed by atoms with E-state index < -0.39 is 11.8 Å². The van der Waals surface area contributed by atoms with E-state index in [2.05, 4.69) is 0 Å². The number of imide groups is 1. The van der Waals surface area contributed by atoms with Crippen LogP contribution >= 0.6 is 0 Å². The lowest BCUT2D eigenvalue weighted by atomic mass is 10.1. The zero-order valence-corrected chi connectivity index (χ0v) is 15.5. The second-order valence-corrected chi connectivity index (χ2v) is 6.67. The average molecular weight is 380 g/mol. The van der Waals surface area contributed by atoms with Gasteiger partial charge in [-0.15, -0.1) is 0 Å². The molecule has 4 rings (SSSR count). The first-order valence-electron chi connectivity index (χ1n) is 9.20. The van der Waals surface area contributed by atoms with Crippen LogP contribution in [-0.4, -0.2) is 59.9 Å². The number of hydrogen-bond acceptors (Lipinski definition) is 5. The third-order valence-corrected chi connectivity index (χ3v) is 4.90. The third kappa shape index (κ3) is 3.19. The van der Waals surface area contributed by atoms with Crippen molar-refractivity contribution in [3.05, 3.63) is 59.7 Å². The standard InChI is InChI=1S/C21H20N2O5/c1-2-22(11-14-13-27-17-9-5-6-10-18(17)28-14)19(24)12-23-20(25)15-7-3-4-8-16(15)21(23)26/h3-10,14H,2,11-13H2,1H3. The van der Waals surface area contributed by atoms with Gasteiger partial charge < -0.3 is 14.4 Å². The predicted octanol–water partition coefficient (Wildman–Crippen LogP) is 1.97. The van der Waals surface area contributed by atoms with Crippen LogP contribution in [0.15, 0.2) is 48.5 Å². The maximum Gasteiger partial charge on any atom is 0.262 e. The van der Waals surface area contributed by atoms with Gasteiger partial charge in [-0.2, -0.15) is 0 Å². The second kappa shape index (κ2) is 7.34. The number of rotatable bonds is 5. The van der Waals surface area contributed by atoms with Crippen molar-refractivity contribution in [3.8, 4) is 11.5 Å². The second-order valence-electron chi connectivity index (χ2n) is 6.67. The molecule has 0 N–H and O–H groups in total. The number of likely N-dealkylation sites (N-methyl/N-ethyl adjacent to an activating group) is 1. The molecule has 28 heavy (non-hydrogen) atoms. The number of carbonyl (C=O) groups excluding carboxylic acids is 3. The molecule has 1 unspecified atom stereocenters. The molecule has 0 spiro atoms. The topological polar surface area (TPSA) is 76.2 Å². The molecule has 2 aliphatic heterocycles. The molecule has 7 nitrogen and oxygen atoms in total. The van der Waals surface area contributed by atoms with Crippen molar-refractivity contribution >= 4 is 17.7 Å². The van der Waals surface area contributed by atoms with Crippen molar-refractivity contribution in [2.75, 3.05) is 26.2 Å². The Kier molecular flexibility index (Phi) is 4.73. The van der Waals surface area contributed by atoms with Gasteiger partial charge in [0.05, 0.1) is 17.7 Å². The van der Waals surface area contributed by atoms with Gasteiger partial charge in [-0.1, -0.05) is 24.3 Å². The third-order valence-electron chi connectivity index (χ3n) is 4.90. The van der Waals surface area contributed by atoms with E-state index in [0.717, 1.165) is 4.90 Å². The molecule has 2 aromatic rings. The fraction of sp³-hybridized carbons (Fsp3) is 0.286. The van der Waals surface area contributed by atoms with Gasteiger partial charge in [0.15, 0.2) is 17.6 Å². The Bertz CT molecular complexity index is 907. The number of ether oxygens (including phenoxy) is 2. The Balaban J connectivity index is 1.41. The van der Waals surface area contributed by atoms with E-state index in [9.17, 15) is 14.4 Å². The summed E-state index contributed by atoms with van der Waals surface area (Å²) >= 11 is 0. The molecule has 0 bridgehead atoms. The smallest absolute Gasteiger partial charge is 0.262 e. The van der Waals surface area contributed by atoms with Crippen LogP contribution in [-0.2, 0) is 4.79 Å². The van der Waals surface area contributed by atoms with Crippen LogP contribution in [0.5, 0.6) is 11.5 Å². The number of fused-ring (bicyclic) bond motifs is 2. The highest BCUT2D eigenvalue weighted by molar-refractivity contribution is 6.22. The first-order chi connectivity index (χ1) is 13.6. The van der Waals surface area contributed by atoms with Crippen LogP contribution in [0.25, 0.3) is 0 Å². The number of para-hydroxylation sites is 2. The lowest BCUT2D eigenvalue weighted by molar-refractivity contribution is -0.132. The maximum absolute atomic E-state index is 12.8. The molecule has 3 amide bonds. The predicted molar refractivity (Wildman–Crippen MR) is 100 cm³/mol. The lowest BCUT2D eigenvalue weighted by Crippen LogP contribution is -2.47. The quantitative estimate of drug-likeness (QED) is 0.742. The van der Waals surface area contributed by atoms with Crippen LogP contribution in [0.4, 0.5) is 0 Å². The number of amides is 3. The molecule has 7 heteroatoms. The van der Waals surface area contributed by atoms with Crippen molar-refractivity contribution < 1.29 is 23.9 Å². The summed E-state index contributed by atoms with van der Waals surface area (Å²) in [4.78, 5) is 40.3. The first-order valence-corrected chi connectivity index (χ1v) is 9.20. The van der Waals surface area contributed by atoms with Crippen molar-refractivity contribution in [1.82, 2.24) is 9.80 Å². The Labute approximate surface area is 162 Å². The summed E-state index contributed by atoms with van der Waals surface area (Å²) in [6, 6.07) is 14.0. The Morgan fingerprint density at radius 1 is 1.04 bits per heavy atom. The minimum absolute atomic E-state index is 0.287. The molecule has 1 atom stereocenters. The summed E-state index contributed by atoms with van der Waals surface area (Å²) in [6.45, 7) is 2.63. The molecule has 2 aromatic carbocycles. The molecule has 0 fully saturated rings. The Hall–Kier alpha value is -3.35. The maximum atomic E-state index is 12.8. The minimum Gasteiger partial charge on any atom is -0.486 e. The van der Waals surface area contributed by atoms with Gasteiger partial charge >= 0.3 is 0 Å². The van der Waals surface area contributed by atoms with E-state index in [1.165, 1.54) is 0 Å². The van der Waals surface area contributed by atoms with Gasteiger partial charge in [0, 0.05) is 6.54 Å². The summed E-state index contributed by atoms with van der Waals surface area (Å²) < 4.78 is 11.6. The molecule has 0 radical (unpaired) electrons. The number of nitrogens with zero attached hydrogens (tertiary/aromatic N) is 2. The summed E-state index contributed by atoms with van der Waals surface area (Å²) in [6.07, 6.45) is -0.319. The van der Waals surface area contributed by atoms with E-state index in [1.54, 1.807) is 29.2 Å². The molecule has 0 aromatic heterocycles.